The molecular weight excluding hydrogens is 252 g/mol. The highest BCUT2D eigenvalue weighted by molar-refractivity contribution is 6.30. The Labute approximate surface area is 103 Å². The van der Waals surface area contributed by atoms with Gasteiger partial charge in [0.15, 0.2) is 11.5 Å². The summed E-state index contributed by atoms with van der Waals surface area (Å²) in [4.78, 5) is 0. The maximum atomic E-state index is 12.9. The number of rotatable bonds is 4. The summed E-state index contributed by atoms with van der Waals surface area (Å²) in [5.41, 5.74) is 3.86. The van der Waals surface area contributed by atoms with Crippen molar-refractivity contribution in [1.29, 1.82) is 0 Å². The first-order valence-electron chi connectivity index (χ1n) is 4.83. The number of methoxy groups -OCH3 is 2. The Morgan fingerprint density at radius 1 is 1.29 bits per heavy atom. The van der Waals surface area contributed by atoms with Crippen LogP contribution in [0.3, 0.4) is 0 Å². The van der Waals surface area contributed by atoms with Crippen LogP contribution in [-0.2, 0) is 5.54 Å². The molecule has 0 bridgehead atoms. The van der Waals surface area contributed by atoms with E-state index in [1.54, 1.807) is 0 Å². The van der Waals surface area contributed by atoms with Crippen LogP contribution in [0.1, 0.15) is 12.5 Å². The molecule has 0 fully saturated rings. The average Bonchev–Trinajstić information content (AvgIpc) is 2.27. The van der Waals surface area contributed by atoms with Crippen LogP contribution >= 0.6 is 11.6 Å². The van der Waals surface area contributed by atoms with Crippen molar-refractivity contribution in [1.82, 2.24) is 0 Å². The number of nitrogens with two attached hydrogens (primary N) is 1. The van der Waals surface area contributed by atoms with Crippen LogP contribution in [0.5, 0.6) is 11.5 Å². The van der Waals surface area contributed by atoms with Crippen molar-refractivity contribution < 1.29 is 18.3 Å². The molecule has 1 aromatic carbocycles. The van der Waals surface area contributed by atoms with Gasteiger partial charge in [-0.1, -0.05) is 11.6 Å². The van der Waals surface area contributed by atoms with Gasteiger partial charge in [0.25, 0.3) is 6.43 Å². The van der Waals surface area contributed by atoms with Crippen LogP contribution in [0, 0.1) is 0 Å². The van der Waals surface area contributed by atoms with Crippen LogP contribution in [0.25, 0.3) is 0 Å². The molecular formula is C11H14ClF2NO2. The zero-order chi connectivity index (χ0) is 13.2. The van der Waals surface area contributed by atoms with Crippen LogP contribution < -0.4 is 15.2 Å². The first-order valence-corrected chi connectivity index (χ1v) is 5.21. The minimum atomic E-state index is -2.75. The van der Waals surface area contributed by atoms with Crippen molar-refractivity contribution in [2.24, 2.45) is 5.73 Å². The third-order valence-corrected chi connectivity index (χ3v) is 2.70. The van der Waals surface area contributed by atoms with Gasteiger partial charge in [0.1, 0.15) is 5.54 Å². The first kappa shape index (κ1) is 14.0. The van der Waals surface area contributed by atoms with Gasteiger partial charge in [-0.05, 0) is 13.0 Å². The Morgan fingerprint density at radius 2 is 1.88 bits per heavy atom. The zero-order valence-electron chi connectivity index (χ0n) is 9.76. The lowest BCUT2D eigenvalue weighted by Crippen LogP contribution is -2.41. The van der Waals surface area contributed by atoms with Crippen molar-refractivity contribution in [3.63, 3.8) is 0 Å². The molecule has 0 aliphatic rings. The van der Waals surface area contributed by atoms with Gasteiger partial charge >= 0.3 is 0 Å². The molecule has 1 rings (SSSR count). The van der Waals surface area contributed by atoms with Gasteiger partial charge in [0.05, 0.1) is 14.2 Å². The SMILES string of the molecule is COc1cc(Cl)cc(C(C)(N)C(F)F)c1OC. The third-order valence-electron chi connectivity index (χ3n) is 2.48. The lowest BCUT2D eigenvalue weighted by Gasteiger charge is -2.27. The maximum absolute atomic E-state index is 12.9. The van der Waals surface area contributed by atoms with E-state index >= 15 is 0 Å². The Hall–Kier alpha value is -1.07. The molecule has 0 heterocycles. The summed E-state index contributed by atoms with van der Waals surface area (Å²) in [5.74, 6) is 0.439. The highest BCUT2D eigenvalue weighted by atomic mass is 35.5. The Morgan fingerprint density at radius 3 is 2.29 bits per heavy atom. The minimum absolute atomic E-state index is 0.111. The van der Waals surface area contributed by atoms with E-state index in [1.165, 1.54) is 33.3 Å². The quantitative estimate of drug-likeness (QED) is 0.910. The molecule has 0 amide bonds. The van der Waals surface area contributed by atoms with Crippen LogP contribution in [0.2, 0.25) is 5.02 Å². The summed E-state index contributed by atoms with van der Waals surface area (Å²) < 4.78 is 35.9. The molecule has 0 spiro atoms. The van der Waals surface area contributed by atoms with Crippen LogP contribution in [-0.4, -0.2) is 20.6 Å². The molecule has 2 N–H and O–H groups in total. The van der Waals surface area contributed by atoms with Gasteiger partial charge in [-0.25, -0.2) is 8.78 Å². The molecule has 6 heteroatoms. The van der Waals surface area contributed by atoms with E-state index in [2.05, 4.69) is 0 Å². The van der Waals surface area contributed by atoms with Crippen LogP contribution in [0.15, 0.2) is 12.1 Å². The van der Waals surface area contributed by atoms with Crippen molar-refractivity contribution in [2.75, 3.05) is 14.2 Å². The molecule has 0 aliphatic carbocycles. The van der Waals surface area contributed by atoms with Gasteiger partial charge in [-0.3, -0.25) is 0 Å². The standard InChI is InChI=1S/C11H14ClF2NO2/c1-11(15,10(13)14)7-4-6(12)5-8(16-2)9(7)17-3/h4-5,10H,15H2,1-3H3. The Kier molecular flexibility index (Phi) is 4.16. The molecule has 0 aliphatic heterocycles. The fourth-order valence-corrected chi connectivity index (χ4v) is 1.66. The second-order valence-electron chi connectivity index (χ2n) is 3.77. The van der Waals surface area contributed by atoms with Gasteiger partial charge in [-0.2, -0.15) is 0 Å². The second kappa shape index (κ2) is 5.06. The highest BCUT2D eigenvalue weighted by Crippen LogP contribution is 2.41. The predicted octanol–water partition coefficient (Wildman–Crippen LogP) is 2.80. The summed E-state index contributed by atoms with van der Waals surface area (Å²) >= 11 is 5.83. The topological polar surface area (TPSA) is 44.5 Å². The summed E-state index contributed by atoms with van der Waals surface area (Å²) in [7, 11) is 2.75. The van der Waals surface area contributed by atoms with Gasteiger partial charge in [0, 0.05) is 16.7 Å². The van der Waals surface area contributed by atoms with Crippen molar-refractivity contribution in [3.8, 4) is 11.5 Å². The van der Waals surface area contributed by atoms with Crippen LogP contribution in [0.4, 0.5) is 8.78 Å². The van der Waals surface area contributed by atoms with Crippen molar-refractivity contribution in [3.05, 3.63) is 22.7 Å². The van der Waals surface area contributed by atoms with E-state index in [-0.39, 0.29) is 22.1 Å². The number of alkyl halides is 2. The molecule has 96 valence electrons. The van der Waals surface area contributed by atoms with Gasteiger partial charge in [-0.15, -0.1) is 0 Å². The largest absolute Gasteiger partial charge is 0.493 e. The van der Waals surface area contributed by atoms with Gasteiger partial charge < -0.3 is 15.2 Å². The molecule has 0 saturated carbocycles. The normalized spacial score (nSPS) is 14.6. The smallest absolute Gasteiger partial charge is 0.260 e. The number of hydrogen-bond acceptors (Lipinski definition) is 3. The summed E-state index contributed by atoms with van der Waals surface area (Å²) in [6.45, 7) is 1.21. The molecule has 1 unspecified atom stereocenters. The first-order chi connectivity index (χ1) is 7.84. The average molecular weight is 266 g/mol. The summed E-state index contributed by atoms with van der Waals surface area (Å²) in [6.07, 6.45) is -2.75. The molecule has 0 radical (unpaired) electrons. The van der Waals surface area contributed by atoms with Crippen molar-refractivity contribution >= 4 is 11.6 Å². The lowest BCUT2D eigenvalue weighted by atomic mass is 9.92. The Bertz CT molecular complexity index is 411. The van der Waals surface area contributed by atoms with E-state index in [0.717, 1.165) is 0 Å². The number of benzene rings is 1. The summed E-state index contributed by atoms with van der Waals surface area (Å²) in [5, 5.41) is 0.259. The fourth-order valence-electron chi connectivity index (χ4n) is 1.45. The third kappa shape index (κ3) is 2.61. The molecule has 1 aromatic rings. The number of halogens is 3. The maximum Gasteiger partial charge on any atom is 0.260 e. The lowest BCUT2D eigenvalue weighted by molar-refractivity contribution is 0.0608. The molecule has 17 heavy (non-hydrogen) atoms. The minimum Gasteiger partial charge on any atom is -0.493 e. The van der Waals surface area contributed by atoms with E-state index in [4.69, 9.17) is 26.8 Å². The molecule has 0 aromatic heterocycles. The van der Waals surface area contributed by atoms with E-state index in [1.807, 2.05) is 0 Å². The fraction of sp³-hybridized carbons (Fsp3) is 0.455. The second-order valence-corrected chi connectivity index (χ2v) is 4.21. The monoisotopic (exact) mass is 265 g/mol. The highest BCUT2D eigenvalue weighted by Gasteiger charge is 2.36. The molecule has 3 nitrogen and oxygen atoms in total. The van der Waals surface area contributed by atoms with E-state index < -0.39 is 12.0 Å². The molecule has 0 saturated heterocycles. The Balaban J connectivity index is 3.46. The summed E-state index contributed by atoms with van der Waals surface area (Å²) in [6, 6.07) is 2.83. The predicted molar refractivity (Wildman–Crippen MR) is 62.1 cm³/mol. The number of hydrogen-bond donors (Lipinski definition) is 1. The van der Waals surface area contributed by atoms with Gasteiger partial charge in [0.2, 0.25) is 0 Å². The van der Waals surface area contributed by atoms with E-state index in [0.29, 0.717) is 0 Å². The molecule has 1 atom stereocenters. The number of ether oxygens (including phenoxy) is 2. The van der Waals surface area contributed by atoms with Crippen molar-refractivity contribution in [2.45, 2.75) is 18.9 Å². The van der Waals surface area contributed by atoms with E-state index in [9.17, 15) is 8.78 Å². The zero-order valence-corrected chi connectivity index (χ0v) is 10.5.